The van der Waals surface area contributed by atoms with E-state index in [9.17, 15) is 14.4 Å². The molecular formula is C21H19N3O5. The molecule has 148 valence electrons. The highest BCUT2D eigenvalue weighted by Gasteiger charge is 2.40. The van der Waals surface area contributed by atoms with Gasteiger partial charge in [-0.15, -0.1) is 0 Å². The van der Waals surface area contributed by atoms with Gasteiger partial charge in [-0.1, -0.05) is 30.3 Å². The van der Waals surface area contributed by atoms with Crippen LogP contribution >= 0.6 is 0 Å². The topological polar surface area (TPSA) is 114 Å². The molecule has 2 bridgehead atoms. The van der Waals surface area contributed by atoms with Crippen molar-refractivity contribution in [3.63, 3.8) is 0 Å². The van der Waals surface area contributed by atoms with Crippen LogP contribution in [0.25, 0.3) is 10.9 Å². The monoisotopic (exact) mass is 393 g/mol. The van der Waals surface area contributed by atoms with E-state index in [2.05, 4.69) is 4.98 Å². The van der Waals surface area contributed by atoms with Crippen LogP contribution in [0.15, 0.2) is 36.5 Å². The number of Topliss-reactive ketones (excluding diaryl/α,β-unsaturated/α-hetero) is 2. The molecule has 29 heavy (non-hydrogen) atoms. The number of nitrogen functional groups attached to an aromatic ring is 1. The number of nitrogens with two attached hydrogens (primary N) is 1. The molecule has 0 saturated heterocycles. The zero-order valence-electron chi connectivity index (χ0n) is 16.0. The first kappa shape index (κ1) is 18.7. The molecule has 4 heterocycles. The van der Waals surface area contributed by atoms with Crippen LogP contribution in [0, 0.1) is 6.92 Å². The Balaban J connectivity index is 1.93. The summed E-state index contributed by atoms with van der Waals surface area (Å²) in [5, 5.41) is 0.408. The number of rotatable bonds is 4. The van der Waals surface area contributed by atoms with E-state index in [0.29, 0.717) is 28.8 Å². The highest BCUT2D eigenvalue weighted by molar-refractivity contribution is 6.50. The molecule has 1 aromatic carbocycles. The highest BCUT2D eigenvalue weighted by atomic mass is 16.6. The molecule has 2 N–H and O–H groups in total. The first-order valence-electron chi connectivity index (χ1n) is 9.17. The standard InChI is InChI=1S/C21H19N3O5/c1-3-28-21(27)19-18(26)17(25)13-9-23-20(29-19)14-15(22)11(2)24(16(13)14)10-12-7-5-4-6-8-12/h4-9,19H,3,10,22H2,1-2H3. The first-order valence-corrected chi connectivity index (χ1v) is 9.17. The average molecular weight is 393 g/mol. The van der Waals surface area contributed by atoms with Gasteiger partial charge in [-0.05, 0) is 19.4 Å². The Labute approximate surface area is 166 Å². The molecule has 0 fully saturated rings. The van der Waals surface area contributed by atoms with Crippen molar-refractivity contribution in [1.82, 2.24) is 9.55 Å². The molecule has 0 saturated carbocycles. The Morgan fingerprint density at radius 1 is 1.28 bits per heavy atom. The average Bonchev–Trinajstić information content (AvgIpc) is 2.96. The van der Waals surface area contributed by atoms with Gasteiger partial charge in [0.25, 0.3) is 11.9 Å². The van der Waals surface area contributed by atoms with Crippen LogP contribution in [0.5, 0.6) is 5.88 Å². The number of benzene rings is 1. The Morgan fingerprint density at radius 2 is 2.00 bits per heavy atom. The summed E-state index contributed by atoms with van der Waals surface area (Å²) in [5.74, 6) is -2.76. The van der Waals surface area contributed by atoms with Crippen LogP contribution in [-0.2, 0) is 20.9 Å². The largest absolute Gasteiger partial charge is 0.463 e. The fourth-order valence-electron chi connectivity index (χ4n) is 3.51. The summed E-state index contributed by atoms with van der Waals surface area (Å²) in [6.45, 7) is 3.91. The number of hydrogen-bond acceptors (Lipinski definition) is 7. The van der Waals surface area contributed by atoms with Crippen molar-refractivity contribution in [2.75, 3.05) is 12.3 Å². The van der Waals surface area contributed by atoms with Crippen molar-refractivity contribution in [2.45, 2.75) is 26.5 Å². The van der Waals surface area contributed by atoms with E-state index in [-0.39, 0.29) is 18.1 Å². The summed E-state index contributed by atoms with van der Waals surface area (Å²) in [5.41, 5.74) is 8.96. The molecule has 0 aliphatic carbocycles. The van der Waals surface area contributed by atoms with Crippen molar-refractivity contribution in [1.29, 1.82) is 0 Å². The lowest BCUT2D eigenvalue weighted by molar-refractivity contribution is -0.154. The van der Waals surface area contributed by atoms with Gasteiger partial charge in [0.05, 0.1) is 28.8 Å². The normalized spacial score (nSPS) is 15.9. The maximum Gasteiger partial charge on any atom is 0.355 e. The van der Waals surface area contributed by atoms with Gasteiger partial charge in [0.15, 0.2) is 0 Å². The second-order valence-electron chi connectivity index (χ2n) is 6.71. The van der Waals surface area contributed by atoms with Crippen LogP contribution in [0.4, 0.5) is 5.69 Å². The minimum atomic E-state index is -1.70. The van der Waals surface area contributed by atoms with Crippen LogP contribution < -0.4 is 10.5 Å². The van der Waals surface area contributed by atoms with Gasteiger partial charge in [-0.2, -0.15) is 0 Å². The molecule has 5 rings (SSSR count). The van der Waals surface area contributed by atoms with Gasteiger partial charge in [-0.25, -0.2) is 9.78 Å². The number of aromatic nitrogens is 2. The Bertz CT molecular complexity index is 1150. The maximum atomic E-state index is 12.9. The molecule has 0 spiro atoms. The number of fused-ring (bicyclic) bond motifs is 4. The number of carbonyl (C=O) groups excluding carboxylic acids is 3. The Kier molecular flexibility index (Phi) is 4.54. The molecule has 1 unspecified atom stereocenters. The number of nitrogens with zero attached hydrogens (tertiary/aromatic N) is 2. The molecule has 0 amide bonds. The molecule has 3 aromatic rings. The summed E-state index contributed by atoms with van der Waals surface area (Å²) < 4.78 is 12.3. The van der Waals surface area contributed by atoms with E-state index in [1.54, 1.807) is 6.92 Å². The molecule has 8 heteroatoms. The molecule has 1 atom stereocenters. The maximum absolute atomic E-state index is 12.9. The van der Waals surface area contributed by atoms with Gasteiger partial charge < -0.3 is 19.8 Å². The summed E-state index contributed by atoms with van der Waals surface area (Å²) in [6.07, 6.45) is -0.408. The molecule has 2 aromatic heterocycles. The van der Waals surface area contributed by atoms with Crippen molar-refractivity contribution in [3.8, 4) is 5.88 Å². The fraction of sp³-hybridized carbons (Fsp3) is 0.238. The minimum absolute atomic E-state index is 0.0232. The Hall–Kier alpha value is -3.68. The number of carbonyl (C=O) groups is 3. The quantitative estimate of drug-likeness (QED) is 0.410. The van der Waals surface area contributed by atoms with Crippen LogP contribution in [0.3, 0.4) is 0 Å². The van der Waals surface area contributed by atoms with Crippen LogP contribution in [0.1, 0.15) is 28.5 Å². The van der Waals surface area contributed by atoms with E-state index in [0.717, 1.165) is 5.56 Å². The van der Waals surface area contributed by atoms with Gasteiger partial charge in [0.1, 0.15) is 0 Å². The van der Waals surface area contributed by atoms with E-state index < -0.39 is 23.6 Å². The number of hydrogen-bond donors (Lipinski definition) is 1. The zero-order chi connectivity index (χ0) is 20.7. The Morgan fingerprint density at radius 3 is 2.69 bits per heavy atom. The van der Waals surface area contributed by atoms with Crippen molar-refractivity contribution in [3.05, 3.63) is 53.3 Å². The third kappa shape index (κ3) is 2.93. The van der Waals surface area contributed by atoms with E-state index in [1.807, 2.05) is 41.8 Å². The lowest BCUT2D eigenvalue weighted by atomic mass is 10.0. The second-order valence-corrected chi connectivity index (χ2v) is 6.71. The van der Waals surface area contributed by atoms with Crippen LogP contribution in [-0.4, -0.2) is 39.8 Å². The third-order valence-electron chi connectivity index (χ3n) is 4.97. The number of pyridine rings is 1. The molecular weight excluding hydrogens is 374 g/mol. The zero-order valence-corrected chi connectivity index (χ0v) is 16.0. The van der Waals surface area contributed by atoms with Crippen molar-refractivity contribution >= 4 is 34.1 Å². The molecule has 8 nitrogen and oxygen atoms in total. The minimum Gasteiger partial charge on any atom is -0.463 e. The number of ketones is 2. The fourth-order valence-corrected chi connectivity index (χ4v) is 3.51. The summed E-state index contributed by atoms with van der Waals surface area (Å²) in [4.78, 5) is 41.9. The lowest BCUT2D eigenvalue weighted by Crippen LogP contribution is -2.42. The predicted molar refractivity (Wildman–Crippen MR) is 105 cm³/mol. The molecule has 0 radical (unpaired) electrons. The SMILES string of the molecule is CCOC(=O)C1Oc2ncc(c3c2c(N)c(C)n3Cc2ccccc2)C(=O)C1=O. The van der Waals surface area contributed by atoms with Crippen molar-refractivity contribution in [2.24, 2.45) is 0 Å². The number of esters is 1. The van der Waals surface area contributed by atoms with Gasteiger partial charge in [0.2, 0.25) is 11.7 Å². The van der Waals surface area contributed by atoms with Gasteiger partial charge in [-0.3, -0.25) is 9.59 Å². The summed E-state index contributed by atoms with van der Waals surface area (Å²) in [6, 6.07) is 9.65. The third-order valence-corrected chi connectivity index (χ3v) is 4.97. The highest BCUT2D eigenvalue weighted by Crippen LogP contribution is 2.38. The van der Waals surface area contributed by atoms with E-state index in [4.69, 9.17) is 15.2 Å². The van der Waals surface area contributed by atoms with E-state index >= 15 is 0 Å². The summed E-state index contributed by atoms with van der Waals surface area (Å²) in [7, 11) is 0. The predicted octanol–water partition coefficient (Wildman–Crippen LogP) is 2.05. The number of anilines is 1. The molecule has 2 aliphatic heterocycles. The van der Waals surface area contributed by atoms with Crippen molar-refractivity contribution < 1.29 is 23.9 Å². The number of ether oxygens (including phenoxy) is 2. The van der Waals surface area contributed by atoms with Gasteiger partial charge >= 0.3 is 5.97 Å². The smallest absolute Gasteiger partial charge is 0.355 e. The van der Waals surface area contributed by atoms with E-state index in [1.165, 1.54) is 6.20 Å². The second kappa shape index (κ2) is 7.05. The molecule has 2 aliphatic rings. The first-order chi connectivity index (χ1) is 13.9. The van der Waals surface area contributed by atoms with Gasteiger partial charge in [0, 0.05) is 18.4 Å². The summed E-state index contributed by atoms with van der Waals surface area (Å²) >= 11 is 0. The van der Waals surface area contributed by atoms with Crippen LogP contribution in [0.2, 0.25) is 0 Å². The lowest BCUT2D eigenvalue weighted by Gasteiger charge is -2.20.